The number of hydrogen-bond donors (Lipinski definition) is 1. The van der Waals surface area contributed by atoms with Crippen molar-refractivity contribution in [1.82, 2.24) is 4.90 Å². The molecule has 0 spiro atoms. The topological polar surface area (TPSA) is 38.5 Å². The molecule has 0 atom stereocenters. The van der Waals surface area contributed by atoms with Gasteiger partial charge in [0.2, 0.25) is 0 Å². The standard InChI is InChI=1S/C6H14N2O.2C2H6/c1-8-4-2-6(9-7)3-5-8;2*1-2/h6H,2-5,7H2,1H3;2*1-2H3. The van der Waals surface area contributed by atoms with Gasteiger partial charge in [0.15, 0.2) is 0 Å². The lowest BCUT2D eigenvalue weighted by Gasteiger charge is -2.26. The van der Waals surface area contributed by atoms with Gasteiger partial charge in [-0.2, -0.15) is 0 Å². The summed E-state index contributed by atoms with van der Waals surface area (Å²) in [4.78, 5) is 7.00. The van der Waals surface area contributed by atoms with Crippen LogP contribution in [0.3, 0.4) is 0 Å². The molecule has 0 aromatic carbocycles. The molecule has 0 aromatic heterocycles. The summed E-state index contributed by atoms with van der Waals surface area (Å²) in [5, 5.41) is 0. The number of likely N-dealkylation sites (tertiary alicyclic amines) is 1. The molecule has 0 bridgehead atoms. The predicted octanol–water partition coefficient (Wildman–Crippen LogP) is 2.02. The molecule has 0 amide bonds. The van der Waals surface area contributed by atoms with Crippen molar-refractivity contribution in [3.63, 3.8) is 0 Å². The first-order chi connectivity index (χ1) is 6.33. The lowest BCUT2D eigenvalue weighted by molar-refractivity contribution is 0.0117. The van der Waals surface area contributed by atoms with Crippen molar-refractivity contribution in [3.8, 4) is 0 Å². The van der Waals surface area contributed by atoms with Gasteiger partial charge in [0.25, 0.3) is 0 Å². The third-order valence-electron chi connectivity index (χ3n) is 1.86. The summed E-state index contributed by atoms with van der Waals surface area (Å²) in [7, 11) is 2.12. The highest BCUT2D eigenvalue weighted by Crippen LogP contribution is 2.09. The fourth-order valence-corrected chi connectivity index (χ4v) is 1.12. The number of hydrogen-bond acceptors (Lipinski definition) is 3. The van der Waals surface area contributed by atoms with Crippen molar-refractivity contribution in [2.24, 2.45) is 5.90 Å². The smallest absolute Gasteiger partial charge is 0.0811 e. The molecule has 82 valence electrons. The van der Waals surface area contributed by atoms with E-state index in [1.807, 2.05) is 27.7 Å². The Kier molecular flexibility index (Phi) is 14.0. The summed E-state index contributed by atoms with van der Waals surface area (Å²) < 4.78 is 0. The maximum absolute atomic E-state index is 5.03. The second-order valence-electron chi connectivity index (χ2n) is 2.64. The third kappa shape index (κ3) is 8.22. The van der Waals surface area contributed by atoms with Crippen molar-refractivity contribution in [2.45, 2.75) is 46.6 Å². The van der Waals surface area contributed by atoms with E-state index in [1.165, 1.54) is 0 Å². The Morgan fingerprint density at radius 3 is 1.77 bits per heavy atom. The molecular weight excluding hydrogens is 164 g/mol. The molecule has 0 aromatic rings. The Labute approximate surface area is 83.2 Å². The average molecular weight is 190 g/mol. The highest BCUT2D eigenvalue weighted by atomic mass is 16.6. The molecular formula is C10H26N2O. The molecule has 13 heavy (non-hydrogen) atoms. The largest absolute Gasteiger partial charge is 0.306 e. The van der Waals surface area contributed by atoms with E-state index in [0.29, 0.717) is 6.10 Å². The molecule has 1 fully saturated rings. The first kappa shape index (κ1) is 15.4. The third-order valence-corrected chi connectivity index (χ3v) is 1.86. The van der Waals surface area contributed by atoms with Crippen LogP contribution in [-0.4, -0.2) is 31.1 Å². The van der Waals surface area contributed by atoms with Crippen molar-refractivity contribution in [1.29, 1.82) is 0 Å². The van der Waals surface area contributed by atoms with Crippen LogP contribution in [0.4, 0.5) is 0 Å². The van der Waals surface area contributed by atoms with E-state index in [0.717, 1.165) is 25.9 Å². The lowest BCUT2D eigenvalue weighted by Crippen LogP contribution is -2.35. The molecule has 3 heteroatoms. The van der Waals surface area contributed by atoms with Crippen LogP contribution >= 0.6 is 0 Å². The molecule has 1 aliphatic rings. The Morgan fingerprint density at radius 2 is 1.46 bits per heavy atom. The Morgan fingerprint density at radius 1 is 1.08 bits per heavy atom. The summed E-state index contributed by atoms with van der Waals surface area (Å²) in [5.41, 5.74) is 0. The molecule has 1 aliphatic heterocycles. The number of nitrogens with two attached hydrogens (primary N) is 1. The minimum Gasteiger partial charge on any atom is -0.306 e. The van der Waals surface area contributed by atoms with Crippen LogP contribution in [-0.2, 0) is 4.84 Å². The maximum atomic E-state index is 5.03. The lowest BCUT2D eigenvalue weighted by atomic mass is 10.1. The van der Waals surface area contributed by atoms with Gasteiger partial charge in [-0.3, -0.25) is 0 Å². The van der Waals surface area contributed by atoms with Crippen molar-refractivity contribution >= 4 is 0 Å². The molecule has 0 radical (unpaired) electrons. The Bertz CT molecular complexity index is 81.0. The predicted molar refractivity (Wildman–Crippen MR) is 58.5 cm³/mol. The Hall–Kier alpha value is -0.120. The van der Waals surface area contributed by atoms with Gasteiger partial charge in [0.05, 0.1) is 6.10 Å². The molecule has 1 rings (SSSR count). The summed E-state index contributed by atoms with van der Waals surface area (Å²) >= 11 is 0. The summed E-state index contributed by atoms with van der Waals surface area (Å²) in [5.74, 6) is 5.03. The van der Waals surface area contributed by atoms with E-state index in [2.05, 4.69) is 11.9 Å². The van der Waals surface area contributed by atoms with Crippen LogP contribution in [0.25, 0.3) is 0 Å². The number of piperidine rings is 1. The highest BCUT2D eigenvalue weighted by Gasteiger charge is 2.15. The van der Waals surface area contributed by atoms with Crippen molar-refractivity contribution in [3.05, 3.63) is 0 Å². The van der Waals surface area contributed by atoms with Crippen LogP contribution in [0, 0.1) is 0 Å². The normalized spacial score (nSPS) is 18.0. The van der Waals surface area contributed by atoms with Crippen LogP contribution in [0.15, 0.2) is 0 Å². The van der Waals surface area contributed by atoms with Gasteiger partial charge in [-0.05, 0) is 19.9 Å². The van der Waals surface area contributed by atoms with Gasteiger partial charge in [-0.1, -0.05) is 27.7 Å². The van der Waals surface area contributed by atoms with E-state index in [9.17, 15) is 0 Å². The summed E-state index contributed by atoms with van der Waals surface area (Å²) in [6, 6.07) is 0. The van der Waals surface area contributed by atoms with E-state index < -0.39 is 0 Å². The SMILES string of the molecule is CC.CC.CN1CCC(ON)CC1. The molecule has 0 saturated carbocycles. The van der Waals surface area contributed by atoms with Crippen molar-refractivity contribution in [2.75, 3.05) is 20.1 Å². The molecule has 3 nitrogen and oxygen atoms in total. The average Bonchev–Trinajstić information content (AvgIpc) is 2.25. The van der Waals surface area contributed by atoms with E-state index in [-0.39, 0.29) is 0 Å². The number of rotatable bonds is 1. The van der Waals surface area contributed by atoms with Gasteiger partial charge in [0, 0.05) is 13.1 Å². The fraction of sp³-hybridized carbons (Fsp3) is 1.00. The summed E-state index contributed by atoms with van der Waals surface area (Å²) in [6.07, 6.45) is 2.46. The second-order valence-corrected chi connectivity index (χ2v) is 2.64. The molecule has 0 aliphatic carbocycles. The van der Waals surface area contributed by atoms with Crippen LogP contribution < -0.4 is 5.90 Å². The minimum atomic E-state index is 0.307. The zero-order chi connectivity index (χ0) is 10.7. The first-order valence-electron chi connectivity index (χ1n) is 5.37. The van der Waals surface area contributed by atoms with Gasteiger partial charge in [0.1, 0.15) is 0 Å². The van der Waals surface area contributed by atoms with Crippen LogP contribution in [0.2, 0.25) is 0 Å². The van der Waals surface area contributed by atoms with Gasteiger partial charge in [-0.15, -0.1) is 0 Å². The van der Waals surface area contributed by atoms with Gasteiger partial charge in [-0.25, -0.2) is 5.90 Å². The van der Waals surface area contributed by atoms with E-state index in [1.54, 1.807) is 0 Å². The molecule has 1 heterocycles. The van der Waals surface area contributed by atoms with Gasteiger partial charge >= 0.3 is 0 Å². The van der Waals surface area contributed by atoms with Crippen molar-refractivity contribution < 1.29 is 4.84 Å². The second kappa shape index (κ2) is 11.9. The monoisotopic (exact) mass is 190 g/mol. The van der Waals surface area contributed by atoms with Crippen LogP contribution in [0.1, 0.15) is 40.5 Å². The molecule has 2 N–H and O–H groups in total. The first-order valence-corrected chi connectivity index (χ1v) is 5.37. The van der Waals surface area contributed by atoms with Gasteiger partial charge < -0.3 is 9.74 Å². The Balaban J connectivity index is 0. The molecule has 1 saturated heterocycles. The summed E-state index contributed by atoms with van der Waals surface area (Å²) in [6.45, 7) is 10.2. The quantitative estimate of drug-likeness (QED) is 0.643. The van der Waals surface area contributed by atoms with E-state index in [4.69, 9.17) is 10.7 Å². The maximum Gasteiger partial charge on any atom is 0.0811 e. The number of nitrogens with zero attached hydrogens (tertiary/aromatic N) is 1. The van der Waals surface area contributed by atoms with E-state index >= 15 is 0 Å². The molecule has 0 unspecified atom stereocenters. The minimum absolute atomic E-state index is 0.307. The zero-order valence-electron chi connectivity index (χ0n) is 9.84. The highest BCUT2D eigenvalue weighted by molar-refractivity contribution is 4.68. The zero-order valence-corrected chi connectivity index (χ0v) is 9.84. The fourth-order valence-electron chi connectivity index (χ4n) is 1.12. The van der Waals surface area contributed by atoms with Crippen LogP contribution in [0.5, 0.6) is 0 Å².